The molecule has 1 aliphatic rings. The summed E-state index contributed by atoms with van der Waals surface area (Å²) in [5.74, 6) is -0.176. The van der Waals surface area contributed by atoms with Crippen LogP contribution in [0.1, 0.15) is 15.9 Å². The van der Waals surface area contributed by atoms with Crippen molar-refractivity contribution in [2.24, 2.45) is 0 Å². The molecule has 0 amide bonds. The zero-order chi connectivity index (χ0) is 22.4. The van der Waals surface area contributed by atoms with Gasteiger partial charge in [0.05, 0.1) is 21.0 Å². The minimum absolute atomic E-state index is 0.0104. The minimum atomic E-state index is -0.446. The van der Waals surface area contributed by atoms with Gasteiger partial charge >= 0.3 is 0 Å². The lowest BCUT2D eigenvalue weighted by atomic mass is 9.96. The third kappa shape index (κ3) is 2.95. The predicted molar refractivity (Wildman–Crippen MR) is 119 cm³/mol. The van der Waals surface area contributed by atoms with Gasteiger partial charge in [0.25, 0.3) is 11.4 Å². The summed E-state index contributed by atoms with van der Waals surface area (Å²) in [6, 6.07) is 23.2. The van der Waals surface area contributed by atoms with Crippen LogP contribution >= 0.6 is 0 Å². The van der Waals surface area contributed by atoms with Gasteiger partial charge < -0.3 is 0 Å². The zero-order valence-electron chi connectivity index (χ0n) is 16.5. The van der Waals surface area contributed by atoms with Gasteiger partial charge in [-0.1, -0.05) is 42.5 Å². The predicted octanol–water partition coefficient (Wildman–Crippen LogP) is 6.05. The minimum Gasteiger partial charge on any atom is -0.289 e. The zero-order valence-corrected chi connectivity index (χ0v) is 16.5. The molecule has 0 N–H and O–H groups in total. The highest BCUT2D eigenvalue weighted by atomic mass is 16.6. The van der Waals surface area contributed by atoms with Crippen molar-refractivity contribution in [2.45, 2.75) is 0 Å². The van der Waals surface area contributed by atoms with Gasteiger partial charge in [-0.25, -0.2) is 0 Å². The molecular weight excluding hydrogens is 408 g/mol. The molecule has 154 valence electrons. The van der Waals surface area contributed by atoms with Crippen LogP contribution in [0.3, 0.4) is 0 Å². The number of rotatable bonds is 4. The number of para-hydroxylation sites is 2. The van der Waals surface area contributed by atoms with Crippen molar-refractivity contribution in [3.8, 4) is 33.4 Å². The van der Waals surface area contributed by atoms with E-state index in [1.54, 1.807) is 72.8 Å². The fourth-order valence-electron chi connectivity index (χ4n) is 4.17. The first kappa shape index (κ1) is 19.3. The van der Waals surface area contributed by atoms with E-state index in [2.05, 4.69) is 0 Å². The summed E-state index contributed by atoms with van der Waals surface area (Å²) in [7, 11) is 0. The second-order valence-corrected chi connectivity index (χ2v) is 7.40. The number of carbonyl (C=O) groups excluding carboxylic acids is 1. The first-order chi connectivity index (χ1) is 15.5. The van der Waals surface area contributed by atoms with Crippen molar-refractivity contribution in [1.82, 2.24) is 0 Å². The number of fused-ring (bicyclic) bond motifs is 3. The van der Waals surface area contributed by atoms with Crippen LogP contribution in [-0.4, -0.2) is 15.6 Å². The Bertz CT molecular complexity index is 1460. The molecule has 1 aliphatic carbocycles. The van der Waals surface area contributed by atoms with Crippen LogP contribution in [0.5, 0.6) is 0 Å². The van der Waals surface area contributed by atoms with Gasteiger partial charge in [-0.3, -0.25) is 25.0 Å². The summed E-state index contributed by atoms with van der Waals surface area (Å²) >= 11 is 0. The van der Waals surface area contributed by atoms with E-state index in [0.29, 0.717) is 44.5 Å². The highest BCUT2D eigenvalue weighted by Gasteiger charge is 2.29. The Morgan fingerprint density at radius 1 is 0.500 bits per heavy atom. The average Bonchev–Trinajstić information content (AvgIpc) is 3.10. The molecule has 5 rings (SSSR count). The van der Waals surface area contributed by atoms with E-state index in [4.69, 9.17) is 0 Å². The van der Waals surface area contributed by atoms with Crippen molar-refractivity contribution in [2.75, 3.05) is 0 Å². The lowest BCUT2D eigenvalue weighted by Crippen LogP contribution is -1.97. The number of carbonyl (C=O) groups is 1. The summed E-state index contributed by atoms with van der Waals surface area (Å²) in [5, 5.41) is 22.8. The molecule has 4 aromatic carbocycles. The molecule has 0 fully saturated rings. The number of nitro groups is 2. The monoisotopic (exact) mass is 422 g/mol. The van der Waals surface area contributed by atoms with Gasteiger partial charge in [-0.2, -0.15) is 0 Å². The quantitative estimate of drug-likeness (QED) is 0.259. The van der Waals surface area contributed by atoms with Gasteiger partial charge in [0.1, 0.15) is 0 Å². The normalized spacial score (nSPS) is 11.7. The molecule has 0 radical (unpaired) electrons. The maximum Gasteiger partial charge on any atom is 0.277 e. The Hall–Kier alpha value is -4.65. The molecule has 0 saturated carbocycles. The molecule has 0 saturated heterocycles. The molecule has 0 unspecified atom stereocenters. The molecule has 7 heteroatoms. The molecule has 0 heterocycles. The van der Waals surface area contributed by atoms with Crippen LogP contribution in [0, 0.1) is 20.2 Å². The Balaban J connectivity index is 1.64. The van der Waals surface area contributed by atoms with E-state index in [1.165, 1.54) is 12.1 Å². The first-order valence-electron chi connectivity index (χ1n) is 9.76. The van der Waals surface area contributed by atoms with Gasteiger partial charge in [-0.05, 0) is 52.6 Å². The maximum absolute atomic E-state index is 13.1. The van der Waals surface area contributed by atoms with E-state index in [0.717, 1.165) is 0 Å². The molecule has 0 bridgehead atoms. The topological polar surface area (TPSA) is 103 Å². The van der Waals surface area contributed by atoms with Crippen LogP contribution in [-0.2, 0) is 0 Å². The highest BCUT2D eigenvalue weighted by Crippen LogP contribution is 2.42. The van der Waals surface area contributed by atoms with Crippen LogP contribution in [0.25, 0.3) is 33.4 Å². The number of nitrogens with zero attached hydrogens (tertiary/aromatic N) is 2. The van der Waals surface area contributed by atoms with Gasteiger partial charge in [0.15, 0.2) is 5.78 Å². The Morgan fingerprint density at radius 3 is 1.50 bits per heavy atom. The third-order valence-corrected chi connectivity index (χ3v) is 5.64. The number of nitro benzene ring substituents is 2. The molecule has 0 aliphatic heterocycles. The number of hydrogen-bond donors (Lipinski definition) is 0. The van der Waals surface area contributed by atoms with Crippen molar-refractivity contribution in [3.63, 3.8) is 0 Å². The molecule has 0 atom stereocenters. The standard InChI is InChI=1S/C25H14N2O5/c28-25-20-12-10-15(17-5-1-3-7-23(17)26(29)30)13-21(20)19-11-9-16(14-22(19)25)18-6-2-4-8-24(18)27(31)32/h1-14H. The van der Waals surface area contributed by atoms with Crippen molar-refractivity contribution >= 4 is 17.2 Å². The fourth-order valence-corrected chi connectivity index (χ4v) is 4.17. The number of ketones is 1. The van der Waals surface area contributed by atoms with E-state index < -0.39 is 9.85 Å². The van der Waals surface area contributed by atoms with Gasteiger partial charge in [0.2, 0.25) is 0 Å². The van der Waals surface area contributed by atoms with E-state index in [-0.39, 0.29) is 17.2 Å². The number of hydrogen-bond acceptors (Lipinski definition) is 5. The van der Waals surface area contributed by atoms with Crippen LogP contribution in [0.2, 0.25) is 0 Å². The largest absolute Gasteiger partial charge is 0.289 e. The second-order valence-electron chi connectivity index (χ2n) is 7.40. The average molecular weight is 422 g/mol. The molecule has 0 aromatic heterocycles. The van der Waals surface area contributed by atoms with Crippen LogP contribution < -0.4 is 0 Å². The lowest BCUT2D eigenvalue weighted by Gasteiger charge is -2.07. The first-order valence-corrected chi connectivity index (χ1v) is 9.76. The molecule has 7 nitrogen and oxygen atoms in total. The summed E-state index contributed by atoms with van der Waals surface area (Å²) in [6.45, 7) is 0. The maximum atomic E-state index is 13.1. The van der Waals surface area contributed by atoms with E-state index in [9.17, 15) is 25.0 Å². The number of benzene rings is 4. The summed E-state index contributed by atoms with van der Waals surface area (Å²) in [5.41, 5.74) is 4.43. The SMILES string of the molecule is O=C1c2cc(-c3ccccc3[N+](=O)[O-])ccc2-c2cc(-c3ccccc3[N+](=O)[O-])ccc21. The molecule has 32 heavy (non-hydrogen) atoms. The Kier molecular flexibility index (Phi) is 4.37. The molecular formula is C25H14N2O5. The summed E-state index contributed by atoms with van der Waals surface area (Å²) in [6.07, 6.45) is 0. The second kappa shape index (κ2) is 7.24. The highest BCUT2D eigenvalue weighted by molar-refractivity contribution is 6.22. The third-order valence-electron chi connectivity index (χ3n) is 5.64. The summed E-state index contributed by atoms with van der Waals surface area (Å²) < 4.78 is 0. The van der Waals surface area contributed by atoms with Crippen molar-refractivity contribution < 1.29 is 14.6 Å². The fraction of sp³-hybridized carbons (Fsp3) is 0. The van der Waals surface area contributed by atoms with E-state index >= 15 is 0 Å². The van der Waals surface area contributed by atoms with Gasteiger partial charge in [0, 0.05) is 23.3 Å². The van der Waals surface area contributed by atoms with Gasteiger partial charge in [-0.15, -0.1) is 0 Å². The molecule has 0 spiro atoms. The van der Waals surface area contributed by atoms with Crippen LogP contribution in [0.15, 0.2) is 84.9 Å². The summed E-state index contributed by atoms with van der Waals surface area (Å²) in [4.78, 5) is 35.0. The lowest BCUT2D eigenvalue weighted by molar-refractivity contribution is -0.384. The van der Waals surface area contributed by atoms with Crippen molar-refractivity contribution in [1.29, 1.82) is 0 Å². The van der Waals surface area contributed by atoms with E-state index in [1.807, 2.05) is 0 Å². The molecule has 4 aromatic rings. The Labute approximate surface area is 181 Å². The Morgan fingerprint density at radius 2 is 0.969 bits per heavy atom. The van der Waals surface area contributed by atoms with Crippen molar-refractivity contribution in [3.05, 3.63) is 116 Å². The van der Waals surface area contributed by atoms with Crippen LogP contribution in [0.4, 0.5) is 11.4 Å². The smallest absolute Gasteiger partial charge is 0.277 e.